The molecular weight excluding hydrogens is 444 g/mol. The maximum absolute atomic E-state index is 12.8. The van der Waals surface area contributed by atoms with Crippen molar-refractivity contribution in [1.29, 1.82) is 0 Å². The maximum atomic E-state index is 12.8. The summed E-state index contributed by atoms with van der Waals surface area (Å²) in [6, 6.07) is 8.95. The van der Waals surface area contributed by atoms with Gasteiger partial charge in [-0.15, -0.1) is 0 Å². The lowest BCUT2D eigenvalue weighted by Gasteiger charge is -2.17. The molecule has 0 saturated heterocycles. The van der Waals surface area contributed by atoms with Gasteiger partial charge < -0.3 is 5.32 Å². The van der Waals surface area contributed by atoms with Crippen LogP contribution in [0.4, 0.5) is 5.82 Å². The fraction of sp³-hybridized carbons (Fsp3) is 0.318. The fourth-order valence-corrected chi connectivity index (χ4v) is 4.03. The van der Waals surface area contributed by atoms with Gasteiger partial charge in [-0.2, -0.15) is 14.1 Å². The summed E-state index contributed by atoms with van der Waals surface area (Å²) in [7, 11) is -2.62. The van der Waals surface area contributed by atoms with Crippen LogP contribution in [0.3, 0.4) is 0 Å². The van der Waals surface area contributed by atoms with E-state index in [9.17, 15) is 18.0 Å². The number of likely N-dealkylation sites (N-methyl/N-ethyl adjacent to an activating group) is 1. The van der Waals surface area contributed by atoms with Crippen molar-refractivity contribution in [2.24, 2.45) is 0 Å². The van der Waals surface area contributed by atoms with Crippen molar-refractivity contribution in [2.75, 3.05) is 18.9 Å². The second kappa shape index (κ2) is 9.20. The molecule has 0 aliphatic carbocycles. The topological polar surface area (TPSA) is 127 Å². The van der Waals surface area contributed by atoms with E-state index in [-0.39, 0.29) is 22.0 Å². The molecule has 0 spiro atoms. The number of sulfonamides is 1. The summed E-state index contributed by atoms with van der Waals surface area (Å²) in [5.41, 5.74) is 0.809. The van der Waals surface area contributed by atoms with E-state index in [1.807, 2.05) is 20.8 Å². The van der Waals surface area contributed by atoms with E-state index in [0.29, 0.717) is 17.1 Å². The van der Waals surface area contributed by atoms with Gasteiger partial charge in [-0.05, 0) is 25.1 Å². The van der Waals surface area contributed by atoms with E-state index < -0.39 is 22.5 Å². The first-order valence-corrected chi connectivity index (χ1v) is 11.6. The number of hydrogen-bond donors (Lipinski definition) is 1. The van der Waals surface area contributed by atoms with Crippen LogP contribution in [0.5, 0.6) is 0 Å². The molecule has 3 rings (SSSR count). The minimum Gasteiger partial charge on any atom is -0.309 e. The average Bonchev–Trinajstić information content (AvgIpc) is 3.18. The number of ketones is 1. The van der Waals surface area contributed by atoms with Gasteiger partial charge in [0, 0.05) is 36.5 Å². The number of rotatable bonds is 7. The molecule has 33 heavy (non-hydrogen) atoms. The Kier molecular flexibility index (Phi) is 6.75. The van der Waals surface area contributed by atoms with Crippen LogP contribution in [0.15, 0.2) is 53.7 Å². The Bertz CT molecular complexity index is 1260. The predicted molar refractivity (Wildman–Crippen MR) is 123 cm³/mol. The van der Waals surface area contributed by atoms with Crippen LogP contribution >= 0.6 is 0 Å². The standard InChI is InChI=1S/C22H26N6O4S/c1-15(29)16-7-9-17(10-8-16)33(31,32)27(5)14-20(30)25-19-13-18(22(2,3)4)26-28(19)21-23-11-6-12-24-21/h6-13H,14H2,1-5H3,(H,25,30). The van der Waals surface area contributed by atoms with Gasteiger partial charge in [0.2, 0.25) is 15.9 Å². The number of nitrogens with zero attached hydrogens (tertiary/aromatic N) is 5. The van der Waals surface area contributed by atoms with Crippen molar-refractivity contribution in [2.45, 2.75) is 38.0 Å². The van der Waals surface area contributed by atoms with Gasteiger partial charge in [0.05, 0.1) is 17.1 Å². The Morgan fingerprint density at radius 2 is 1.70 bits per heavy atom. The lowest BCUT2D eigenvalue weighted by atomic mass is 9.92. The van der Waals surface area contributed by atoms with E-state index in [1.54, 1.807) is 24.5 Å². The van der Waals surface area contributed by atoms with Crippen molar-refractivity contribution in [3.05, 3.63) is 60.0 Å². The molecule has 3 aromatic rings. The third-order valence-electron chi connectivity index (χ3n) is 4.82. The van der Waals surface area contributed by atoms with E-state index in [0.717, 1.165) is 4.31 Å². The lowest BCUT2D eigenvalue weighted by Crippen LogP contribution is -2.35. The molecule has 10 nitrogen and oxygen atoms in total. The summed E-state index contributed by atoms with van der Waals surface area (Å²) < 4.78 is 28.0. The van der Waals surface area contributed by atoms with Gasteiger partial charge in [0.25, 0.3) is 5.95 Å². The molecule has 0 aliphatic rings. The van der Waals surface area contributed by atoms with Crippen molar-refractivity contribution < 1.29 is 18.0 Å². The molecule has 1 N–H and O–H groups in total. The number of carbonyl (C=O) groups excluding carboxylic acids is 2. The molecule has 1 aromatic carbocycles. The summed E-state index contributed by atoms with van der Waals surface area (Å²) in [5.74, 6) is -0.123. The second-order valence-corrected chi connectivity index (χ2v) is 10.6. The van der Waals surface area contributed by atoms with Crippen LogP contribution in [0, 0.1) is 0 Å². The van der Waals surface area contributed by atoms with E-state index in [2.05, 4.69) is 20.4 Å². The SMILES string of the molecule is CC(=O)c1ccc(S(=O)(=O)N(C)CC(=O)Nc2cc(C(C)(C)C)nn2-c2ncccn2)cc1. The Balaban J connectivity index is 1.81. The predicted octanol–water partition coefficient (Wildman–Crippen LogP) is 2.42. The zero-order valence-electron chi connectivity index (χ0n) is 19.1. The number of Topliss-reactive ketones (excluding diaryl/α,β-unsaturated/α-hetero) is 1. The highest BCUT2D eigenvalue weighted by atomic mass is 32.2. The van der Waals surface area contributed by atoms with Crippen molar-refractivity contribution >= 4 is 27.5 Å². The molecule has 0 atom stereocenters. The highest BCUT2D eigenvalue weighted by Crippen LogP contribution is 2.25. The molecule has 11 heteroatoms. The zero-order chi connectivity index (χ0) is 24.4. The molecule has 0 bridgehead atoms. The summed E-state index contributed by atoms with van der Waals surface area (Å²) >= 11 is 0. The second-order valence-electron chi connectivity index (χ2n) is 8.52. The van der Waals surface area contributed by atoms with Gasteiger partial charge in [-0.25, -0.2) is 18.4 Å². The Morgan fingerprint density at radius 3 is 2.24 bits per heavy atom. The quantitative estimate of drug-likeness (QED) is 0.525. The first-order valence-electron chi connectivity index (χ1n) is 10.1. The number of benzene rings is 1. The van der Waals surface area contributed by atoms with Crippen LogP contribution < -0.4 is 5.32 Å². The minimum absolute atomic E-state index is 0.0134. The molecule has 0 radical (unpaired) electrons. The van der Waals surface area contributed by atoms with Crippen molar-refractivity contribution in [1.82, 2.24) is 24.1 Å². The zero-order valence-corrected chi connectivity index (χ0v) is 19.9. The Labute approximate surface area is 192 Å². The minimum atomic E-state index is -3.94. The average molecular weight is 471 g/mol. The van der Waals surface area contributed by atoms with Crippen molar-refractivity contribution in [3.8, 4) is 5.95 Å². The molecule has 0 saturated carbocycles. The summed E-state index contributed by atoms with van der Waals surface area (Å²) in [6.07, 6.45) is 3.12. The van der Waals surface area contributed by atoms with E-state index in [1.165, 1.54) is 42.9 Å². The highest BCUT2D eigenvalue weighted by molar-refractivity contribution is 7.89. The monoisotopic (exact) mass is 470 g/mol. The highest BCUT2D eigenvalue weighted by Gasteiger charge is 2.26. The Hall–Kier alpha value is -3.44. The number of hydrogen-bond acceptors (Lipinski definition) is 7. The van der Waals surface area contributed by atoms with E-state index >= 15 is 0 Å². The lowest BCUT2D eigenvalue weighted by molar-refractivity contribution is -0.116. The number of nitrogens with one attached hydrogen (secondary N) is 1. The smallest absolute Gasteiger partial charge is 0.252 e. The summed E-state index contributed by atoms with van der Waals surface area (Å²) in [6.45, 7) is 6.91. The van der Waals surface area contributed by atoms with Crippen molar-refractivity contribution in [3.63, 3.8) is 0 Å². The molecular formula is C22H26N6O4S. The molecule has 174 valence electrons. The number of carbonyl (C=O) groups is 2. The van der Waals surface area contributed by atoms with Gasteiger partial charge in [0.15, 0.2) is 5.78 Å². The molecule has 0 unspecified atom stereocenters. The number of amides is 1. The first-order chi connectivity index (χ1) is 15.4. The molecule has 1 amide bonds. The molecule has 0 aliphatic heterocycles. The largest absolute Gasteiger partial charge is 0.309 e. The summed E-state index contributed by atoms with van der Waals surface area (Å²) in [4.78, 5) is 32.5. The summed E-state index contributed by atoms with van der Waals surface area (Å²) in [5, 5.41) is 7.23. The van der Waals surface area contributed by atoms with Crippen LogP contribution in [0.1, 0.15) is 43.7 Å². The van der Waals surface area contributed by atoms with Gasteiger partial charge in [-0.3, -0.25) is 9.59 Å². The molecule has 2 heterocycles. The van der Waals surface area contributed by atoms with E-state index in [4.69, 9.17) is 0 Å². The van der Waals surface area contributed by atoms with Crippen LogP contribution in [0.2, 0.25) is 0 Å². The maximum Gasteiger partial charge on any atom is 0.252 e. The normalized spacial score (nSPS) is 12.1. The molecule has 0 fully saturated rings. The first kappa shape index (κ1) is 24.2. The molecule has 2 aromatic heterocycles. The van der Waals surface area contributed by atoms with Crippen LogP contribution in [0.25, 0.3) is 5.95 Å². The Morgan fingerprint density at radius 1 is 1.09 bits per heavy atom. The number of aromatic nitrogens is 4. The fourth-order valence-electron chi connectivity index (χ4n) is 2.90. The van der Waals surface area contributed by atoms with Gasteiger partial charge in [-0.1, -0.05) is 32.9 Å². The third kappa shape index (κ3) is 5.49. The van der Waals surface area contributed by atoms with Crippen LogP contribution in [-0.2, 0) is 20.2 Å². The van der Waals surface area contributed by atoms with Crippen LogP contribution in [-0.4, -0.2) is 57.8 Å². The van der Waals surface area contributed by atoms with Gasteiger partial charge in [0.1, 0.15) is 5.82 Å². The third-order valence-corrected chi connectivity index (χ3v) is 6.64. The van der Waals surface area contributed by atoms with Gasteiger partial charge >= 0.3 is 0 Å². The number of anilines is 1.